The van der Waals surface area contributed by atoms with Crippen LogP contribution in [-0.4, -0.2) is 11.9 Å². The monoisotopic (exact) mass is 444 g/mol. The van der Waals surface area contributed by atoms with Gasteiger partial charge in [-0.1, -0.05) is 84.9 Å². The summed E-state index contributed by atoms with van der Waals surface area (Å²) in [6.07, 6.45) is 4.51. The Balaban J connectivity index is 1.49. The Morgan fingerprint density at radius 3 is 1.32 bits per heavy atom. The number of carbonyl (C=O) groups excluding carboxylic acids is 2. The fourth-order valence-electron chi connectivity index (χ4n) is 4.66. The fourth-order valence-corrected chi connectivity index (χ4v) is 4.66. The molecule has 0 aromatic heterocycles. The summed E-state index contributed by atoms with van der Waals surface area (Å²) >= 11 is 0. The van der Waals surface area contributed by atoms with E-state index < -0.39 is 11.9 Å². The third-order valence-electron chi connectivity index (χ3n) is 6.26. The van der Waals surface area contributed by atoms with Crippen LogP contribution in [0.2, 0.25) is 0 Å². The van der Waals surface area contributed by atoms with Crippen LogP contribution in [0.15, 0.2) is 96.1 Å². The van der Waals surface area contributed by atoms with Crippen molar-refractivity contribution >= 4 is 34.9 Å². The van der Waals surface area contributed by atoms with Gasteiger partial charge in [-0.15, -0.1) is 0 Å². The predicted octanol–water partition coefficient (Wildman–Crippen LogP) is 5.93. The molecule has 0 fully saturated rings. The summed E-state index contributed by atoms with van der Waals surface area (Å²) in [4.78, 5) is 25.9. The first-order chi connectivity index (χ1) is 16.7. The minimum atomic E-state index is -0.421. The summed E-state index contributed by atoms with van der Waals surface area (Å²) in [7, 11) is 0. The third-order valence-corrected chi connectivity index (χ3v) is 6.26. The zero-order valence-corrected chi connectivity index (χ0v) is 18.3. The average Bonchev–Trinajstić information content (AvgIpc) is 2.87. The Bertz CT molecular complexity index is 1400. The zero-order valence-electron chi connectivity index (χ0n) is 18.3. The van der Waals surface area contributed by atoms with Crippen LogP contribution in [0, 0.1) is 0 Å². The minimum absolute atomic E-state index is 0.357. The molecule has 0 bridgehead atoms. The van der Waals surface area contributed by atoms with Gasteiger partial charge in [-0.05, 0) is 34.1 Å². The molecule has 4 aromatic carbocycles. The van der Waals surface area contributed by atoms with Crippen LogP contribution in [0.4, 0.5) is 0 Å². The number of fused-ring (bicyclic) bond motifs is 6. The quantitative estimate of drug-likeness (QED) is 0.218. The maximum absolute atomic E-state index is 12.9. The van der Waals surface area contributed by atoms with E-state index in [4.69, 9.17) is 9.47 Å². The molecule has 0 atom stereocenters. The van der Waals surface area contributed by atoms with Crippen molar-refractivity contribution in [2.75, 3.05) is 0 Å². The first-order valence-corrected chi connectivity index (χ1v) is 11.2. The maximum Gasteiger partial charge on any atom is 0.339 e. The van der Waals surface area contributed by atoms with Gasteiger partial charge in [0.2, 0.25) is 0 Å². The Kier molecular flexibility index (Phi) is 4.84. The van der Waals surface area contributed by atoms with E-state index >= 15 is 0 Å². The van der Waals surface area contributed by atoms with E-state index in [1.807, 2.05) is 97.1 Å². The van der Waals surface area contributed by atoms with Crippen molar-refractivity contribution in [3.8, 4) is 11.5 Å². The standard InChI is InChI=1S/C30H20O4/c31-29-21(15-19-9-3-1-4-10-19)17-25-23-13-7-8-14-24(23)26-18-22(16-20-11-5-2-6-12-20)30(32)34-28(26)27(25)33-29/h1-16H,17-18H2/b21-15-,22-16+. The molecule has 164 valence electrons. The molecule has 0 aliphatic carbocycles. The summed E-state index contributed by atoms with van der Waals surface area (Å²) in [6.45, 7) is 0. The molecule has 4 aromatic rings. The highest BCUT2D eigenvalue weighted by molar-refractivity contribution is 6.06. The second-order valence-corrected chi connectivity index (χ2v) is 8.45. The second kappa shape index (κ2) is 8.16. The lowest BCUT2D eigenvalue weighted by molar-refractivity contribution is -0.133. The highest BCUT2D eigenvalue weighted by Gasteiger charge is 2.34. The summed E-state index contributed by atoms with van der Waals surface area (Å²) < 4.78 is 11.6. The predicted molar refractivity (Wildman–Crippen MR) is 131 cm³/mol. The smallest absolute Gasteiger partial charge is 0.339 e. The summed E-state index contributed by atoms with van der Waals surface area (Å²) in [5.74, 6) is -0.127. The third kappa shape index (κ3) is 3.50. The van der Waals surface area contributed by atoms with E-state index in [-0.39, 0.29) is 0 Å². The number of rotatable bonds is 2. The lowest BCUT2D eigenvalue weighted by atomic mass is 9.87. The van der Waals surface area contributed by atoms with Crippen molar-refractivity contribution in [1.29, 1.82) is 0 Å². The van der Waals surface area contributed by atoms with Crippen LogP contribution < -0.4 is 9.47 Å². The van der Waals surface area contributed by atoms with E-state index in [9.17, 15) is 9.59 Å². The van der Waals surface area contributed by atoms with E-state index in [1.165, 1.54) is 0 Å². The maximum atomic E-state index is 12.9. The van der Waals surface area contributed by atoms with Gasteiger partial charge < -0.3 is 9.47 Å². The van der Waals surface area contributed by atoms with Crippen LogP contribution in [0.5, 0.6) is 11.5 Å². The Morgan fingerprint density at radius 1 is 0.529 bits per heavy atom. The van der Waals surface area contributed by atoms with Crippen molar-refractivity contribution < 1.29 is 19.1 Å². The largest absolute Gasteiger partial charge is 0.419 e. The van der Waals surface area contributed by atoms with E-state index in [0.29, 0.717) is 35.5 Å². The molecule has 4 heteroatoms. The Morgan fingerprint density at radius 2 is 0.912 bits per heavy atom. The molecular formula is C30H20O4. The number of hydrogen-bond acceptors (Lipinski definition) is 4. The van der Waals surface area contributed by atoms with Crippen molar-refractivity contribution in [1.82, 2.24) is 0 Å². The Hall–Kier alpha value is -4.44. The Labute approximate surface area is 196 Å². The molecule has 2 aliphatic rings. The van der Waals surface area contributed by atoms with E-state index in [1.54, 1.807) is 0 Å². The summed E-state index contributed by atoms with van der Waals surface area (Å²) in [5.41, 5.74) is 4.72. The second-order valence-electron chi connectivity index (χ2n) is 8.45. The first kappa shape index (κ1) is 20.2. The van der Waals surface area contributed by atoms with Gasteiger partial charge in [0.05, 0.1) is 0 Å². The van der Waals surface area contributed by atoms with Crippen molar-refractivity contribution in [2.24, 2.45) is 0 Å². The van der Waals surface area contributed by atoms with Gasteiger partial charge in [0, 0.05) is 35.1 Å². The van der Waals surface area contributed by atoms with Gasteiger partial charge >= 0.3 is 11.9 Å². The number of carbonyl (C=O) groups is 2. The first-order valence-electron chi connectivity index (χ1n) is 11.2. The molecule has 0 saturated heterocycles. The topological polar surface area (TPSA) is 52.6 Å². The van der Waals surface area contributed by atoms with Crippen LogP contribution >= 0.6 is 0 Å². The van der Waals surface area contributed by atoms with Gasteiger partial charge in [-0.3, -0.25) is 0 Å². The lowest BCUT2D eigenvalue weighted by Crippen LogP contribution is -2.25. The van der Waals surface area contributed by atoms with Gasteiger partial charge in [-0.2, -0.15) is 0 Å². The van der Waals surface area contributed by atoms with Crippen LogP contribution in [0.25, 0.3) is 22.9 Å². The van der Waals surface area contributed by atoms with Gasteiger partial charge in [0.1, 0.15) is 0 Å². The molecular weight excluding hydrogens is 424 g/mol. The van der Waals surface area contributed by atoms with Gasteiger partial charge in [-0.25, -0.2) is 9.59 Å². The van der Waals surface area contributed by atoms with Gasteiger partial charge in [0.15, 0.2) is 11.5 Å². The van der Waals surface area contributed by atoms with E-state index in [2.05, 4.69) is 0 Å². The average molecular weight is 444 g/mol. The molecule has 0 saturated carbocycles. The van der Waals surface area contributed by atoms with Crippen molar-refractivity contribution in [3.63, 3.8) is 0 Å². The normalized spacial score (nSPS) is 17.3. The molecule has 4 nitrogen and oxygen atoms in total. The van der Waals surface area contributed by atoms with Crippen molar-refractivity contribution in [2.45, 2.75) is 12.8 Å². The van der Waals surface area contributed by atoms with E-state index in [0.717, 1.165) is 33.0 Å². The lowest BCUT2D eigenvalue weighted by Gasteiger charge is -2.28. The van der Waals surface area contributed by atoms with Gasteiger partial charge in [0.25, 0.3) is 0 Å². The van der Waals surface area contributed by atoms with Crippen LogP contribution in [-0.2, 0) is 22.4 Å². The highest BCUT2D eigenvalue weighted by Crippen LogP contribution is 2.48. The van der Waals surface area contributed by atoms with Crippen LogP contribution in [0.3, 0.4) is 0 Å². The molecule has 0 radical (unpaired) electrons. The zero-order chi connectivity index (χ0) is 23.1. The summed E-state index contributed by atoms with van der Waals surface area (Å²) in [6, 6.07) is 27.4. The molecule has 0 N–H and O–H groups in total. The molecule has 2 aliphatic heterocycles. The molecule has 2 heterocycles. The number of esters is 2. The number of benzene rings is 4. The molecule has 0 spiro atoms. The minimum Gasteiger partial charge on any atom is -0.419 e. The molecule has 0 amide bonds. The molecule has 6 rings (SSSR count). The number of hydrogen-bond donors (Lipinski definition) is 0. The molecule has 0 unspecified atom stereocenters. The highest BCUT2D eigenvalue weighted by atomic mass is 16.6. The SMILES string of the molecule is O=C1Oc2c3c(c4ccccc4c2C/C1=C/c1ccccc1)C/C(=C\c1ccccc1)C(=O)O3. The fraction of sp³-hybridized carbons (Fsp3) is 0.0667. The molecule has 34 heavy (non-hydrogen) atoms. The summed E-state index contributed by atoms with van der Waals surface area (Å²) in [5, 5.41) is 2.00. The van der Waals surface area contributed by atoms with Crippen LogP contribution in [0.1, 0.15) is 22.3 Å². The van der Waals surface area contributed by atoms with Crippen molar-refractivity contribution in [3.05, 3.63) is 118 Å². The number of ether oxygens (including phenoxy) is 2.